The lowest BCUT2D eigenvalue weighted by atomic mass is 10.0. The van der Waals surface area contributed by atoms with E-state index in [1.54, 1.807) is 0 Å². The van der Waals surface area contributed by atoms with Crippen LogP contribution in [0.3, 0.4) is 0 Å². The molecule has 19 heavy (non-hydrogen) atoms. The number of aliphatic hydroxyl groups is 1. The summed E-state index contributed by atoms with van der Waals surface area (Å²) >= 11 is 0. The molecule has 1 rings (SSSR count). The van der Waals surface area contributed by atoms with Gasteiger partial charge in [-0.05, 0) is 12.1 Å². The van der Waals surface area contributed by atoms with Crippen molar-refractivity contribution in [2.24, 2.45) is 0 Å². The van der Waals surface area contributed by atoms with Crippen LogP contribution in [0.15, 0.2) is 22.8 Å². The van der Waals surface area contributed by atoms with Gasteiger partial charge >= 0.3 is 23.9 Å². The van der Waals surface area contributed by atoms with Crippen molar-refractivity contribution in [2.75, 3.05) is 0 Å². The number of hydrogen-bond acceptors (Lipinski definition) is 4. The Balaban J connectivity index is 2.91. The minimum atomic E-state index is -6.26. The van der Waals surface area contributed by atoms with Crippen LogP contribution < -0.4 is 0 Å². The highest BCUT2D eigenvalue weighted by molar-refractivity contribution is 5.81. The zero-order chi connectivity index (χ0) is 14.9. The van der Waals surface area contributed by atoms with Gasteiger partial charge in [-0.25, -0.2) is 4.79 Å². The van der Waals surface area contributed by atoms with Gasteiger partial charge in [0.1, 0.15) is 12.4 Å². The smallest absolute Gasteiger partial charge is 0.437 e. The van der Waals surface area contributed by atoms with Gasteiger partial charge in [-0.2, -0.15) is 26.3 Å². The molecule has 0 radical (unpaired) electrons. The van der Waals surface area contributed by atoms with Crippen molar-refractivity contribution in [2.45, 2.75) is 24.6 Å². The third-order valence-electron chi connectivity index (χ3n) is 2.04. The fraction of sp³-hybridized carbons (Fsp3) is 0.444. The molecule has 1 aromatic heterocycles. The van der Waals surface area contributed by atoms with E-state index in [0.717, 1.165) is 12.3 Å². The highest BCUT2D eigenvalue weighted by atomic mass is 19.4. The average molecular weight is 292 g/mol. The minimum absolute atomic E-state index is 0.181. The molecule has 0 atom stereocenters. The summed E-state index contributed by atoms with van der Waals surface area (Å²) in [5.74, 6) is -3.05. The van der Waals surface area contributed by atoms with Crippen LogP contribution in [0.2, 0.25) is 0 Å². The Bertz CT molecular complexity index is 419. The molecule has 0 aliphatic rings. The fourth-order valence-corrected chi connectivity index (χ4v) is 1.03. The first-order valence-corrected chi connectivity index (χ1v) is 4.55. The molecule has 10 heteroatoms. The van der Waals surface area contributed by atoms with Crippen LogP contribution in [0, 0.1) is 0 Å². The number of alkyl halides is 6. The maximum atomic E-state index is 12.2. The molecule has 0 aliphatic heterocycles. The molecule has 0 aromatic carbocycles. The van der Waals surface area contributed by atoms with E-state index >= 15 is 0 Å². The Morgan fingerprint density at radius 2 is 1.74 bits per heavy atom. The van der Waals surface area contributed by atoms with Crippen LogP contribution >= 0.6 is 0 Å². The van der Waals surface area contributed by atoms with Gasteiger partial charge in [-0.3, -0.25) is 0 Å². The van der Waals surface area contributed by atoms with Gasteiger partial charge < -0.3 is 14.3 Å². The first-order chi connectivity index (χ1) is 8.50. The number of rotatable bonds is 3. The topological polar surface area (TPSA) is 59.7 Å². The van der Waals surface area contributed by atoms with Crippen molar-refractivity contribution in [3.8, 4) is 0 Å². The van der Waals surface area contributed by atoms with E-state index in [4.69, 9.17) is 5.11 Å². The van der Waals surface area contributed by atoms with Gasteiger partial charge in [0.05, 0.1) is 6.26 Å². The van der Waals surface area contributed by atoms with E-state index in [2.05, 4.69) is 9.15 Å². The molecule has 0 fully saturated rings. The molecule has 1 N–H and O–H groups in total. The van der Waals surface area contributed by atoms with E-state index in [1.807, 2.05) is 0 Å². The van der Waals surface area contributed by atoms with Crippen molar-refractivity contribution in [1.29, 1.82) is 0 Å². The van der Waals surface area contributed by atoms with Crippen LogP contribution in [0.1, 0.15) is 5.76 Å². The second-order valence-electron chi connectivity index (χ2n) is 3.36. The predicted octanol–water partition coefficient (Wildman–Crippen LogP) is 2.18. The summed E-state index contributed by atoms with van der Waals surface area (Å²) in [5, 5.41) is 8.63. The lowest BCUT2D eigenvalue weighted by molar-refractivity contribution is -0.357. The Hall–Kier alpha value is -1.71. The second-order valence-corrected chi connectivity index (χ2v) is 3.36. The van der Waals surface area contributed by atoms with Gasteiger partial charge in [0.2, 0.25) is 0 Å². The van der Waals surface area contributed by atoms with E-state index < -0.39 is 30.5 Å². The van der Waals surface area contributed by atoms with Crippen molar-refractivity contribution in [3.63, 3.8) is 0 Å². The highest BCUT2D eigenvalue weighted by Gasteiger charge is 2.76. The number of carbonyl (C=O) groups excluding carboxylic acids is 1. The van der Waals surface area contributed by atoms with Crippen LogP contribution in [0.25, 0.3) is 0 Å². The monoisotopic (exact) mass is 292 g/mol. The van der Waals surface area contributed by atoms with Crippen molar-refractivity contribution in [3.05, 3.63) is 24.2 Å². The largest absolute Gasteiger partial charge is 0.466 e. The third kappa shape index (κ3) is 2.83. The lowest BCUT2D eigenvalue weighted by Crippen LogP contribution is -2.62. The molecular formula is C9H6F6O4. The Morgan fingerprint density at radius 1 is 1.21 bits per heavy atom. The Labute approximate surface area is 101 Å². The molecule has 0 saturated carbocycles. The summed E-state index contributed by atoms with van der Waals surface area (Å²) in [6.45, 7) is -0.972. The molecule has 0 bridgehead atoms. The number of carbonyl (C=O) groups is 1. The molecule has 0 unspecified atom stereocenters. The molecule has 1 heterocycles. The summed E-state index contributed by atoms with van der Waals surface area (Å²) in [5.41, 5.74) is -5.58. The van der Waals surface area contributed by atoms with E-state index in [-0.39, 0.29) is 5.76 Å². The predicted molar refractivity (Wildman–Crippen MR) is 45.6 cm³/mol. The van der Waals surface area contributed by atoms with E-state index in [1.165, 1.54) is 6.07 Å². The highest BCUT2D eigenvalue weighted by Crippen LogP contribution is 2.43. The van der Waals surface area contributed by atoms with E-state index in [0.29, 0.717) is 0 Å². The molecule has 108 valence electrons. The zero-order valence-corrected chi connectivity index (χ0v) is 8.88. The summed E-state index contributed by atoms with van der Waals surface area (Å²) < 4.78 is 81.7. The maximum Gasteiger partial charge on any atom is 0.437 e. The molecule has 0 spiro atoms. The first kappa shape index (κ1) is 15.3. The van der Waals surface area contributed by atoms with Gasteiger partial charge in [0, 0.05) is 0 Å². The molecule has 0 saturated heterocycles. The Morgan fingerprint density at radius 3 is 2.11 bits per heavy atom. The van der Waals surface area contributed by atoms with Crippen molar-refractivity contribution < 1.29 is 45.4 Å². The fourth-order valence-electron chi connectivity index (χ4n) is 1.03. The summed E-state index contributed by atoms with van der Waals surface area (Å²) in [6, 6.07) is 2.44. The van der Waals surface area contributed by atoms with Crippen LogP contribution in [-0.4, -0.2) is 29.0 Å². The number of ether oxygens (including phenoxy) is 1. The quantitative estimate of drug-likeness (QED) is 0.685. The number of esters is 1. The lowest BCUT2D eigenvalue weighted by Gasteiger charge is -2.29. The molecule has 4 nitrogen and oxygen atoms in total. The zero-order valence-electron chi connectivity index (χ0n) is 8.88. The van der Waals surface area contributed by atoms with Gasteiger partial charge in [0.15, 0.2) is 0 Å². The SMILES string of the molecule is O=C(OCc1ccco1)C(O)(C(F)(F)F)C(F)(F)F. The van der Waals surface area contributed by atoms with Gasteiger partial charge in [0.25, 0.3) is 0 Å². The molecule has 0 amide bonds. The third-order valence-corrected chi connectivity index (χ3v) is 2.04. The second kappa shape index (κ2) is 4.76. The summed E-state index contributed by atoms with van der Waals surface area (Å²) in [4.78, 5) is 10.9. The van der Waals surface area contributed by atoms with Crippen LogP contribution in [0.5, 0.6) is 0 Å². The number of halogens is 6. The number of furan rings is 1. The Kier molecular flexibility index (Phi) is 3.84. The normalized spacial score (nSPS) is 13.4. The average Bonchev–Trinajstić information content (AvgIpc) is 2.74. The van der Waals surface area contributed by atoms with Crippen molar-refractivity contribution in [1.82, 2.24) is 0 Å². The van der Waals surface area contributed by atoms with Gasteiger partial charge in [-0.15, -0.1) is 0 Å². The van der Waals surface area contributed by atoms with Crippen molar-refractivity contribution >= 4 is 5.97 Å². The van der Waals surface area contributed by atoms with Gasteiger partial charge in [-0.1, -0.05) is 0 Å². The van der Waals surface area contributed by atoms with E-state index in [9.17, 15) is 31.1 Å². The van der Waals surface area contributed by atoms with Crippen LogP contribution in [0.4, 0.5) is 26.3 Å². The standard InChI is InChI=1S/C9H6F6O4/c10-8(11,12)7(17,9(13,14)15)6(16)19-4-5-2-1-3-18-5/h1-3,17H,4H2. The molecular weight excluding hydrogens is 286 g/mol. The maximum absolute atomic E-state index is 12.2. The number of hydrogen-bond donors (Lipinski definition) is 1. The molecule has 0 aliphatic carbocycles. The molecule has 1 aromatic rings. The van der Waals surface area contributed by atoms with Crippen LogP contribution in [-0.2, 0) is 16.1 Å². The summed E-state index contributed by atoms with van der Waals surface area (Å²) in [7, 11) is 0. The summed E-state index contributed by atoms with van der Waals surface area (Å²) in [6.07, 6.45) is -11.4. The first-order valence-electron chi connectivity index (χ1n) is 4.55. The minimum Gasteiger partial charge on any atom is -0.466 e.